The van der Waals surface area contributed by atoms with Crippen molar-refractivity contribution in [2.75, 3.05) is 11.9 Å². The van der Waals surface area contributed by atoms with E-state index < -0.39 is 5.82 Å². The topological polar surface area (TPSA) is 93.1 Å². The van der Waals surface area contributed by atoms with Gasteiger partial charge < -0.3 is 10.6 Å². The minimum atomic E-state index is -0.571. The van der Waals surface area contributed by atoms with Gasteiger partial charge in [0.05, 0.1) is 16.7 Å². The van der Waals surface area contributed by atoms with Crippen LogP contribution in [0.1, 0.15) is 29.7 Å². The third kappa shape index (κ3) is 4.77. The van der Waals surface area contributed by atoms with Gasteiger partial charge in [0.25, 0.3) is 5.56 Å². The third-order valence-electron chi connectivity index (χ3n) is 5.13. The van der Waals surface area contributed by atoms with Crippen molar-refractivity contribution >= 4 is 50.7 Å². The van der Waals surface area contributed by atoms with Crippen LogP contribution in [0.25, 0.3) is 10.2 Å². The second-order valence-electron chi connectivity index (χ2n) is 7.35. The molecule has 0 aliphatic heterocycles. The zero-order valence-corrected chi connectivity index (χ0v) is 18.1. The van der Waals surface area contributed by atoms with Gasteiger partial charge in [0.2, 0.25) is 11.8 Å². The van der Waals surface area contributed by atoms with Crippen LogP contribution >= 0.6 is 22.9 Å². The van der Waals surface area contributed by atoms with Crippen molar-refractivity contribution in [3.63, 3.8) is 0 Å². The van der Waals surface area contributed by atoms with Gasteiger partial charge in [-0.2, -0.15) is 0 Å². The van der Waals surface area contributed by atoms with Crippen molar-refractivity contribution in [3.8, 4) is 0 Å². The van der Waals surface area contributed by atoms with Crippen LogP contribution in [-0.4, -0.2) is 27.9 Å². The van der Waals surface area contributed by atoms with E-state index in [9.17, 15) is 18.8 Å². The molecule has 1 aliphatic rings. The first-order chi connectivity index (χ1) is 14.9. The first-order valence-electron chi connectivity index (χ1n) is 9.93. The van der Waals surface area contributed by atoms with E-state index in [4.69, 9.17) is 11.6 Å². The average Bonchev–Trinajstić information content (AvgIpc) is 3.12. The van der Waals surface area contributed by atoms with Crippen molar-refractivity contribution in [3.05, 3.63) is 56.2 Å². The Morgan fingerprint density at radius 3 is 2.84 bits per heavy atom. The standard InChI is InChI=1S/C21H20ClFN4O3S/c22-14-9-12(5-6-15(14)23)26-17(28)7-8-24-18(29)10-27-11-25-20-19(21(27)30)13-3-1-2-4-16(13)31-20/h5-6,9,11H,1-4,7-8,10H2,(H,24,29)(H,26,28). The predicted octanol–water partition coefficient (Wildman–Crippen LogP) is 3.27. The van der Waals surface area contributed by atoms with Crippen molar-refractivity contribution in [1.82, 2.24) is 14.9 Å². The highest BCUT2D eigenvalue weighted by atomic mass is 35.5. The Kier molecular flexibility index (Phi) is 6.33. The van der Waals surface area contributed by atoms with Crippen LogP contribution in [0.4, 0.5) is 10.1 Å². The summed E-state index contributed by atoms with van der Waals surface area (Å²) in [5.74, 6) is -1.31. The van der Waals surface area contributed by atoms with Gasteiger partial charge in [-0.25, -0.2) is 9.37 Å². The number of nitrogens with one attached hydrogen (secondary N) is 2. The largest absolute Gasteiger partial charge is 0.354 e. The number of carbonyl (C=O) groups is 2. The minimum absolute atomic E-state index is 0.0188. The monoisotopic (exact) mass is 462 g/mol. The Bertz CT molecular complexity index is 1220. The summed E-state index contributed by atoms with van der Waals surface area (Å²) in [5.41, 5.74) is 1.24. The molecule has 0 spiro atoms. The zero-order chi connectivity index (χ0) is 22.0. The SMILES string of the molecule is O=C(Cn1cnc2sc3c(c2c1=O)CCCC3)NCCC(=O)Nc1ccc(F)c(Cl)c1. The number of amides is 2. The molecule has 1 aliphatic carbocycles. The van der Waals surface area contributed by atoms with E-state index in [1.165, 1.54) is 27.9 Å². The van der Waals surface area contributed by atoms with Gasteiger partial charge >= 0.3 is 0 Å². The summed E-state index contributed by atoms with van der Waals surface area (Å²) in [4.78, 5) is 43.5. The van der Waals surface area contributed by atoms with Crippen molar-refractivity contribution < 1.29 is 14.0 Å². The first-order valence-corrected chi connectivity index (χ1v) is 11.1. The van der Waals surface area contributed by atoms with Crippen LogP contribution < -0.4 is 16.2 Å². The molecule has 2 amide bonds. The van der Waals surface area contributed by atoms with Crippen LogP contribution in [0.5, 0.6) is 0 Å². The molecule has 0 saturated carbocycles. The number of anilines is 1. The molecule has 3 aromatic rings. The summed E-state index contributed by atoms with van der Waals surface area (Å²) >= 11 is 7.25. The quantitative estimate of drug-likeness (QED) is 0.588. The number of aryl methyl sites for hydroxylation is 2. The van der Waals surface area contributed by atoms with Gasteiger partial charge in [-0.1, -0.05) is 11.6 Å². The summed E-state index contributed by atoms with van der Waals surface area (Å²) < 4.78 is 14.5. The van der Waals surface area contributed by atoms with E-state index in [0.29, 0.717) is 11.1 Å². The van der Waals surface area contributed by atoms with Crippen LogP contribution in [0, 0.1) is 5.82 Å². The fraction of sp³-hybridized carbons (Fsp3) is 0.333. The van der Waals surface area contributed by atoms with Gasteiger partial charge in [-0.3, -0.25) is 19.0 Å². The van der Waals surface area contributed by atoms with Gasteiger partial charge in [0.15, 0.2) is 0 Å². The van der Waals surface area contributed by atoms with Crippen LogP contribution in [-0.2, 0) is 29.0 Å². The molecule has 0 atom stereocenters. The highest BCUT2D eigenvalue weighted by molar-refractivity contribution is 7.18. The Labute approximate surface area is 186 Å². The van der Waals surface area contributed by atoms with Crippen molar-refractivity contribution in [1.29, 1.82) is 0 Å². The molecule has 1 aromatic carbocycles. The van der Waals surface area contributed by atoms with Crippen LogP contribution in [0.2, 0.25) is 5.02 Å². The molecular weight excluding hydrogens is 443 g/mol. The number of rotatable bonds is 6. The number of halogens is 2. The molecular formula is C21H20ClFN4O3S. The average molecular weight is 463 g/mol. The summed E-state index contributed by atoms with van der Waals surface area (Å²) in [7, 11) is 0. The lowest BCUT2D eigenvalue weighted by molar-refractivity contribution is -0.121. The normalized spacial score (nSPS) is 13.1. The van der Waals surface area contributed by atoms with Gasteiger partial charge in [-0.15, -0.1) is 11.3 Å². The van der Waals surface area contributed by atoms with E-state index in [-0.39, 0.29) is 41.9 Å². The highest BCUT2D eigenvalue weighted by Crippen LogP contribution is 2.33. The molecule has 2 N–H and O–H groups in total. The van der Waals surface area contributed by atoms with Crippen molar-refractivity contribution in [2.45, 2.75) is 38.6 Å². The second kappa shape index (κ2) is 9.15. The number of fused-ring (bicyclic) bond motifs is 3. The van der Waals surface area contributed by atoms with E-state index in [1.54, 1.807) is 11.3 Å². The molecule has 2 heterocycles. The van der Waals surface area contributed by atoms with E-state index in [2.05, 4.69) is 15.6 Å². The second-order valence-corrected chi connectivity index (χ2v) is 8.84. The number of aromatic nitrogens is 2. The van der Waals surface area contributed by atoms with Crippen LogP contribution in [0.15, 0.2) is 29.3 Å². The Hall–Kier alpha value is -2.78. The van der Waals surface area contributed by atoms with Gasteiger partial charge in [-0.05, 0) is 49.4 Å². The maximum atomic E-state index is 13.2. The Balaban J connectivity index is 1.33. The molecule has 4 rings (SSSR count). The molecule has 0 unspecified atom stereocenters. The maximum absolute atomic E-state index is 13.2. The molecule has 7 nitrogen and oxygen atoms in total. The molecule has 2 aromatic heterocycles. The van der Waals surface area contributed by atoms with Crippen molar-refractivity contribution in [2.24, 2.45) is 0 Å². The van der Waals surface area contributed by atoms with Gasteiger partial charge in [0, 0.05) is 23.5 Å². The highest BCUT2D eigenvalue weighted by Gasteiger charge is 2.20. The van der Waals surface area contributed by atoms with E-state index >= 15 is 0 Å². The van der Waals surface area contributed by atoms with Crippen LogP contribution in [0.3, 0.4) is 0 Å². The smallest absolute Gasteiger partial charge is 0.262 e. The third-order valence-corrected chi connectivity index (χ3v) is 6.62. The molecule has 0 bridgehead atoms. The number of hydrogen-bond donors (Lipinski definition) is 2. The molecule has 0 radical (unpaired) electrons. The number of thiophene rings is 1. The fourth-order valence-corrected chi connectivity index (χ4v) is 5.02. The number of carbonyl (C=O) groups excluding carboxylic acids is 2. The minimum Gasteiger partial charge on any atom is -0.354 e. The molecule has 10 heteroatoms. The molecule has 162 valence electrons. The molecule has 0 saturated heterocycles. The predicted molar refractivity (Wildman–Crippen MR) is 118 cm³/mol. The zero-order valence-electron chi connectivity index (χ0n) is 16.5. The molecule has 0 fully saturated rings. The maximum Gasteiger partial charge on any atom is 0.262 e. The van der Waals surface area contributed by atoms with E-state index in [0.717, 1.165) is 42.1 Å². The summed E-state index contributed by atoms with van der Waals surface area (Å²) in [6, 6.07) is 3.87. The summed E-state index contributed by atoms with van der Waals surface area (Å²) in [5, 5.41) is 5.76. The Morgan fingerprint density at radius 1 is 1.23 bits per heavy atom. The fourth-order valence-electron chi connectivity index (χ4n) is 3.62. The number of nitrogens with zero attached hydrogens (tertiary/aromatic N) is 2. The number of hydrogen-bond acceptors (Lipinski definition) is 5. The lowest BCUT2D eigenvalue weighted by Gasteiger charge is -2.11. The molecule has 31 heavy (non-hydrogen) atoms. The lowest BCUT2D eigenvalue weighted by Crippen LogP contribution is -2.34. The summed E-state index contributed by atoms with van der Waals surface area (Å²) in [6.07, 6.45) is 5.44. The Morgan fingerprint density at radius 2 is 2.03 bits per heavy atom. The van der Waals surface area contributed by atoms with E-state index in [1.807, 2.05) is 0 Å². The number of benzene rings is 1. The lowest BCUT2D eigenvalue weighted by atomic mass is 9.97. The van der Waals surface area contributed by atoms with Gasteiger partial charge in [0.1, 0.15) is 17.2 Å². The first kappa shape index (κ1) is 21.5. The summed E-state index contributed by atoms with van der Waals surface area (Å²) in [6.45, 7) is -0.0700.